The molecule has 1 fully saturated rings. The molecule has 0 spiro atoms. The lowest BCUT2D eigenvalue weighted by molar-refractivity contribution is -0.131. The van der Waals surface area contributed by atoms with Gasteiger partial charge in [-0.1, -0.05) is 12.1 Å². The van der Waals surface area contributed by atoms with Crippen molar-refractivity contribution in [1.29, 1.82) is 0 Å². The molecule has 0 atom stereocenters. The van der Waals surface area contributed by atoms with Crippen LogP contribution in [0.25, 0.3) is 16.7 Å². The molecule has 0 saturated heterocycles. The maximum absolute atomic E-state index is 12.8. The quantitative estimate of drug-likeness (QED) is 0.262. The van der Waals surface area contributed by atoms with Crippen LogP contribution in [-0.2, 0) is 0 Å². The van der Waals surface area contributed by atoms with E-state index in [0.717, 1.165) is 35.2 Å². The standard InChI is InChI=1S/C29H29F3N4O2/c1-17-4-5-18(2)26(12-17)38-22-14-24(33-11-10-29(30,31)32)27-25(15-22)36(16-34-27)21-8-9-23(19(3)13-21)28(37)35-20-6-7-20/h4-5,8-9,12-16,20,33H,6-7,10-11H2,1-3H3,(H,35,37). The number of carbonyl (C=O) groups excluding carboxylic acids is 1. The Balaban J connectivity index is 1.53. The number of ether oxygens (including phenoxy) is 1. The summed E-state index contributed by atoms with van der Waals surface area (Å²) in [7, 11) is 0. The Morgan fingerprint density at radius 3 is 2.55 bits per heavy atom. The van der Waals surface area contributed by atoms with Crippen LogP contribution >= 0.6 is 0 Å². The van der Waals surface area contributed by atoms with Crippen molar-refractivity contribution in [3.63, 3.8) is 0 Å². The number of nitrogens with zero attached hydrogens (tertiary/aromatic N) is 2. The summed E-state index contributed by atoms with van der Waals surface area (Å²) >= 11 is 0. The number of carbonyl (C=O) groups is 1. The molecule has 1 heterocycles. The second-order valence-electron chi connectivity index (χ2n) is 9.86. The van der Waals surface area contributed by atoms with E-state index in [2.05, 4.69) is 15.6 Å². The highest BCUT2D eigenvalue weighted by atomic mass is 19.4. The number of hydrogen-bond donors (Lipinski definition) is 2. The molecule has 0 unspecified atom stereocenters. The lowest BCUT2D eigenvalue weighted by Gasteiger charge is -2.15. The minimum Gasteiger partial charge on any atom is -0.457 e. The van der Waals surface area contributed by atoms with E-state index in [-0.39, 0.29) is 18.5 Å². The number of rotatable bonds is 8. The van der Waals surface area contributed by atoms with Crippen molar-refractivity contribution in [2.24, 2.45) is 0 Å². The molecule has 1 aliphatic rings. The van der Waals surface area contributed by atoms with Gasteiger partial charge in [0.25, 0.3) is 5.91 Å². The molecule has 1 aromatic heterocycles. The molecule has 1 saturated carbocycles. The smallest absolute Gasteiger partial charge is 0.390 e. The molecule has 0 bridgehead atoms. The van der Waals surface area contributed by atoms with Crippen LogP contribution < -0.4 is 15.4 Å². The first-order chi connectivity index (χ1) is 18.1. The van der Waals surface area contributed by atoms with E-state index in [1.807, 2.05) is 61.7 Å². The number of aryl methyl sites for hydroxylation is 3. The van der Waals surface area contributed by atoms with Crippen LogP contribution in [0, 0.1) is 20.8 Å². The fourth-order valence-corrected chi connectivity index (χ4v) is 4.32. The van der Waals surface area contributed by atoms with Crippen LogP contribution in [0.5, 0.6) is 11.5 Å². The van der Waals surface area contributed by atoms with Crippen LogP contribution in [0.3, 0.4) is 0 Å². The second-order valence-corrected chi connectivity index (χ2v) is 9.86. The first-order valence-corrected chi connectivity index (χ1v) is 12.6. The third kappa shape index (κ3) is 5.77. The van der Waals surface area contributed by atoms with Crippen LogP contribution in [0.15, 0.2) is 54.9 Å². The summed E-state index contributed by atoms with van der Waals surface area (Å²) in [6.45, 7) is 5.49. The molecule has 1 amide bonds. The molecule has 38 heavy (non-hydrogen) atoms. The number of halogens is 3. The van der Waals surface area contributed by atoms with Gasteiger partial charge in [-0.2, -0.15) is 13.2 Å². The van der Waals surface area contributed by atoms with Crippen molar-refractivity contribution in [2.45, 2.75) is 52.3 Å². The Hall–Kier alpha value is -4.01. The predicted octanol–water partition coefficient (Wildman–Crippen LogP) is 7.00. The number of hydrogen-bond acceptors (Lipinski definition) is 4. The average Bonchev–Trinajstić information content (AvgIpc) is 3.55. The lowest BCUT2D eigenvalue weighted by Crippen LogP contribution is -2.26. The molecule has 0 radical (unpaired) electrons. The summed E-state index contributed by atoms with van der Waals surface area (Å²) in [5, 5.41) is 5.90. The topological polar surface area (TPSA) is 68.2 Å². The maximum Gasteiger partial charge on any atom is 0.390 e. The van der Waals surface area contributed by atoms with Gasteiger partial charge in [0.05, 0.1) is 17.6 Å². The highest BCUT2D eigenvalue weighted by Gasteiger charge is 2.27. The summed E-state index contributed by atoms with van der Waals surface area (Å²) in [4.78, 5) is 17.1. The Morgan fingerprint density at radius 1 is 1.05 bits per heavy atom. The van der Waals surface area contributed by atoms with Crippen molar-refractivity contribution >= 4 is 22.6 Å². The summed E-state index contributed by atoms with van der Waals surface area (Å²) in [5.74, 6) is 1.05. The number of imidazole rings is 1. The molecule has 9 heteroatoms. The van der Waals surface area contributed by atoms with E-state index in [4.69, 9.17) is 4.74 Å². The van der Waals surface area contributed by atoms with Gasteiger partial charge in [-0.15, -0.1) is 0 Å². The third-order valence-electron chi connectivity index (χ3n) is 6.57. The average molecular weight is 523 g/mol. The van der Waals surface area contributed by atoms with Gasteiger partial charge in [-0.05, 0) is 74.6 Å². The molecule has 5 rings (SSSR count). The zero-order chi connectivity index (χ0) is 27.0. The molecular weight excluding hydrogens is 493 g/mol. The number of anilines is 1. The van der Waals surface area contributed by atoms with Gasteiger partial charge >= 0.3 is 6.18 Å². The van der Waals surface area contributed by atoms with E-state index in [9.17, 15) is 18.0 Å². The Morgan fingerprint density at radius 2 is 1.84 bits per heavy atom. The first-order valence-electron chi connectivity index (χ1n) is 12.6. The molecular formula is C29H29F3N4O2. The van der Waals surface area contributed by atoms with E-state index in [1.54, 1.807) is 18.5 Å². The molecule has 1 aliphatic carbocycles. The van der Waals surface area contributed by atoms with E-state index < -0.39 is 12.6 Å². The van der Waals surface area contributed by atoms with Gasteiger partial charge in [-0.3, -0.25) is 9.36 Å². The number of benzene rings is 3. The Bertz CT molecular complexity index is 1510. The zero-order valence-electron chi connectivity index (χ0n) is 21.4. The van der Waals surface area contributed by atoms with Gasteiger partial charge < -0.3 is 15.4 Å². The van der Waals surface area contributed by atoms with Crippen molar-refractivity contribution in [3.05, 3.63) is 77.1 Å². The second kappa shape index (κ2) is 10.0. The van der Waals surface area contributed by atoms with E-state index >= 15 is 0 Å². The van der Waals surface area contributed by atoms with Crippen molar-refractivity contribution in [2.75, 3.05) is 11.9 Å². The van der Waals surface area contributed by atoms with Crippen molar-refractivity contribution < 1.29 is 22.7 Å². The number of alkyl halides is 3. The Labute approximate surface area is 218 Å². The van der Waals surface area contributed by atoms with Crippen LogP contribution in [0.4, 0.5) is 18.9 Å². The molecule has 4 aromatic rings. The number of aromatic nitrogens is 2. The molecule has 6 nitrogen and oxygen atoms in total. The van der Waals surface area contributed by atoms with Crippen LogP contribution in [-0.4, -0.2) is 34.2 Å². The molecule has 198 valence electrons. The summed E-state index contributed by atoms with van der Waals surface area (Å²) < 4.78 is 46.6. The third-order valence-corrected chi connectivity index (χ3v) is 6.57. The van der Waals surface area contributed by atoms with E-state index in [1.165, 1.54) is 0 Å². The fraction of sp³-hybridized carbons (Fsp3) is 0.310. The number of nitrogens with one attached hydrogen (secondary N) is 2. The molecule has 0 aliphatic heterocycles. The maximum atomic E-state index is 12.8. The van der Waals surface area contributed by atoms with Gasteiger partial charge in [0.2, 0.25) is 0 Å². The number of amides is 1. The predicted molar refractivity (Wildman–Crippen MR) is 141 cm³/mol. The SMILES string of the molecule is Cc1ccc(C)c(Oc2cc(NCCC(F)(F)F)c3ncn(-c4ccc(C(=O)NC5CC5)c(C)c4)c3c2)c1. The van der Waals surface area contributed by atoms with E-state index in [0.29, 0.717) is 33.8 Å². The van der Waals surface area contributed by atoms with Gasteiger partial charge in [0.1, 0.15) is 23.3 Å². The monoisotopic (exact) mass is 522 g/mol. The Kier molecular flexibility index (Phi) is 6.77. The first kappa shape index (κ1) is 25.6. The normalized spacial score (nSPS) is 13.5. The zero-order valence-corrected chi connectivity index (χ0v) is 21.4. The largest absolute Gasteiger partial charge is 0.457 e. The highest BCUT2D eigenvalue weighted by Crippen LogP contribution is 2.35. The fourth-order valence-electron chi connectivity index (χ4n) is 4.32. The molecule has 2 N–H and O–H groups in total. The van der Waals surface area contributed by atoms with Crippen LogP contribution in [0.2, 0.25) is 0 Å². The lowest BCUT2D eigenvalue weighted by atomic mass is 10.1. The van der Waals surface area contributed by atoms with Crippen molar-refractivity contribution in [1.82, 2.24) is 14.9 Å². The molecule has 3 aromatic carbocycles. The summed E-state index contributed by atoms with van der Waals surface area (Å²) in [6.07, 6.45) is -1.60. The summed E-state index contributed by atoms with van der Waals surface area (Å²) in [5.41, 5.74) is 5.80. The minimum atomic E-state index is -4.27. The summed E-state index contributed by atoms with van der Waals surface area (Å²) in [6, 6.07) is 15.1. The van der Waals surface area contributed by atoms with Gasteiger partial charge in [-0.25, -0.2) is 4.98 Å². The van der Waals surface area contributed by atoms with Gasteiger partial charge in [0, 0.05) is 36.0 Å². The minimum absolute atomic E-state index is 0.0904. The van der Waals surface area contributed by atoms with Crippen molar-refractivity contribution in [3.8, 4) is 17.2 Å². The van der Waals surface area contributed by atoms with Crippen LogP contribution in [0.1, 0.15) is 46.3 Å². The van der Waals surface area contributed by atoms with Gasteiger partial charge in [0.15, 0.2) is 0 Å². The number of fused-ring (bicyclic) bond motifs is 1. The highest BCUT2D eigenvalue weighted by molar-refractivity contribution is 5.96.